The lowest BCUT2D eigenvalue weighted by atomic mass is 10.2. The number of benzene rings is 2. The van der Waals surface area contributed by atoms with Crippen LogP contribution in [0.25, 0.3) is 0 Å². The second-order valence-electron chi connectivity index (χ2n) is 4.10. The fourth-order valence-electron chi connectivity index (χ4n) is 1.72. The molecule has 0 saturated carbocycles. The van der Waals surface area contributed by atoms with E-state index in [2.05, 4.69) is 0 Å². The summed E-state index contributed by atoms with van der Waals surface area (Å²) in [6, 6.07) is 7.60. The highest BCUT2D eigenvalue weighted by Gasteiger charge is 2.11. The molecule has 0 fully saturated rings. The molecule has 0 spiro atoms. The Bertz CT molecular complexity index is 634. The summed E-state index contributed by atoms with van der Waals surface area (Å²) in [5.41, 5.74) is 6.66. The van der Waals surface area contributed by atoms with E-state index in [4.69, 9.17) is 45.3 Å². The largest absolute Gasteiger partial charge is 0.487 e. The third kappa shape index (κ3) is 3.55. The summed E-state index contributed by atoms with van der Waals surface area (Å²) >= 11 is 17.6. The Labute approximate surface area is 131 Å². The molecule has 6 heteroatoms. The minimum absolute atomic E-state index is 0.0252. The number of halogens is 4. The van der Waals surface area contributed by atoms with E-state index in [1.807, 2.05) is 0 Å². The monoisotopic (exact) mass is 333 g/mol. The normalized spacial score (nSPS) is 10.7. The van der Waals surface area contributed by atoms with Gasteiger partial charge in [0.15, 0.2) is 0 Å². The zero-order valence-corrected chi connectivity index (χ0v) is 12.6. The van der Waals surface area contributed by atoms with Crippen LogP contribution < -0.4 is 10.5 Å². The van der Waals surface area contributed by atoms with E-state index in [0.29, 0.717) is 31.9 Å². The lowest BCUT2D eigenvalue weighted by Gasteiger charge is -2.13. The second-order valence-corrected chi connectivity index (χ2v) is 5.38. The van der Waals surface area contributed by atoms with Gasteiger partial charge in [-0.05, 0) is 24.3 Å². The smallest absolute Gasteiger partial charge is 0.142 e. The molecular formula is C14H11Cl3FNO. The summed E-state index contributed by atoms with van der Waals surface area (Å²) in [5.74, 6) is -0.0233. The molecule has 0 heterocycles. The van der Waals surface area contributed by atoms with Crippen LogP contribution in [0.2, 0.25) is 15.1 Å². The third-order valence-corrected chi connectivity index (χ3v) is 3.43. The van der Waals surface area contributed by atoms with Crippen LogP contribution in [-0.4, -0.2) is 0 Å². The SMILES string of the molecule is NCc1cc(Cl)cc(Cl)c1OCc1ccc(Cl)cc1F. The maximum Gasteiger partial charge on any atom is 0.142 e. The highest BCUT2D eigenvalue weighted by atomic mass is 35.5. The van der Waals surface area contributed by atoms with Gasteiger partial charge < -0.3 is 10.5 Å². The minimum Gasteiger partial charge on any atom is -0.487 e. The zero-order chi connectivity index (χ0) is 14.7. The first-order chi connectivity index (χ1) is 9.51. The topological polar surface area (TPSA) is 35.2 Å². The van der Waals surface area contributed by atoms with E-state index in [-0.39, 0.29) is 13.2 Å². The van der Waals surface area contributed by atoms with Gasteiger partial charge in [-0.3, -0.25) is 0 Å². The molecule has 0 bridgehead atoms. The maximum absolute atomic E-state index is 13.7. The maximum atomic E-state index is 13.7. The number of ether oxygens (including phenoxy) is 1. The zero-order valence-electron chi connectivity index (χ0n) is 10.3. The molecule has 2 N–H and O–H groups in total. The molecule has 0 unspecified atom stereocenters. The van der Waals surface area contributed by atoms with Gasteiger partial charge >= 0.3 is 0 Å². The molecule has 0 aliphatic carbocycles. The summed E-state index contributed by atoms with van der Waals surface area (Å²) in [5, 5.41) is 1.14. The number of hydrogen-bond donors (Lipinski definition) is 1. The van der Waals surface area contributed by atoms with Gasteiger partial charge in [-0.1, -0.05) is 40.9 Å². The van der Waals surface area contributed by atoms with Gasteiger partial charge in [0.25, 0.3) is 0 Å². The van der Waals surface area contributed by atoms with E-state index in [1.165, 1.54) is 6.07 Å². The third-order valence-electron chi connectivity index (χ3n) is 2.69. The molecule has 2 aromatic rings. The fourth-order valence-corrected chi connectivity index (χ4v) is 2.46. The Morgan fingerprint density at radius 1 is 1.00 bits per heavy atom. The molecule has 0 aliphatic rings. The van der Waals surface area contributed by atoms with Crippen LogP contribution in [0.5, 0.6) is 5.75 Å². The van der Waals surface area contributed by atoms with E-state index in [0.717, 1.165) is 0 Å². The fraction of sp³-hybridized carbons (Fsp3) is 0.143. The summed E-state index contributed by atoms with van der Waals surface area (Å²) in [4.78, 5) is 0. The molecular weight excluding hydrogens is 324 g/mol. The molecule has 20 heavy (non-hydrogen) atoms. The Morgan fingerprint density at radius 2 is 1.75 bits per heavy atom. The molecule has 106 valence electrons. The Morgan fingerprint density at radius 3 is 2.40 bits per heavy atom. The quantitative estimate of drug-likeness (QED) is 0.869. The van der Waals surface area contributed by atoms with Crippen LogP contribution in [0.4, 0.5) is 4.39 Å². The summed E-state index contributed by atoms with van der Waals surface area (Å²) in [7, 11) is 0. The molecule has 2 rings (SSSR count). The van der Waals surface area contributed by atoms with Crippen molar-refractivity contribution in [2.75, 3.05) is 0 Å². The molecule has 2 aromatic carbocycles. The molecule has 0 atom stereocenters. The lowest BCUT2D eigenvalue weighted by molar-refractivity contribution is 0.297. The molecule has 0 radical (unpaired) electrons. The molecule has 2 nitrogen and oxygen atoms in total. The van der Waals surface area contributed by atoms with E-state index in [1.54, 1.807) is 24.3 Å². The van der Waals surface area contributed by atoms with E-state index < -0.39 is 5.82 Å². The molecule has 0 saturated heterocycles. The van der Waals surface area contributed by atoms with Crippen molar-refractivity contribution in [3.8, 4) is 5.75 Å². The summed E-state index contributed by atoms with van der Waals surface area (Å²) < 4.78 is 19.2. The first-order valence-corrected chi connectivity index (χ1v) is 6.89. The predicted molar refractivity (Wildman–Crippen MR) is 80.1 cm³/mol. The lowest BCUT2D eigenvalue weighted by Crippen LogP contribution is -2.04. The predicted octanol–water partition coefficient (Wildman–Crippen LogP) is 4.82. The average Bonchev–Trinajstić information content (AvgIpc) is 2.38. The van der Waals surface area contributed by atoms with Crippen LogP contribution in [0.1, 0.15) is 11.1 Å². The van der Waals surface area contributed by atoms with Crippen molar-refractivity contribution in [2.24, 2.45) is 5.73 Å². The van der Waals surface area contributed by atoms with Crippen LogP contribution in [0.15, 0.2) is 30.3 Å². The first-order valence-electron chi connectivity index (χ1n) is 5.76. The van der Waals surface area contributed by atoms with Crippen molar-refractivity contribution < 1.29 is 9.13 Å². The summed E-state index contributed by atoms with van der Waals surface area (Å²) in [6.45, 7) is 0.246. The summed E-state index contributed by atoms with van der Waals surface area (Å²) in [6.07, 6.45) is 0. The van der Waals surface area contributed by atoms with Crippen molar-refractivity contribution in [2.45, 2.75) is 13.2 Å². The minimum atomic E-state index is -0.433. The highest BCUT2D eigenvalue weighted by Crippen LogP contribution is 2.33. The van der Waals surface area contributed by atoms with Gasteiger partial charge in [0.1, 0.15) is 18.2 Å². The molecule has 0 amide bonds. The second kappa shape index (κ2) is 6.64. The van der Waals surface area contributed by atoms with Crippen LogP contribution in [-0.2, 0) is 13.2 Å². The highest BCUT2D eigenvalue weighted by molar-refractivity contribution is 6.35. The van der Waals surface area contributed by atoms with Crippen LogP contribution in [0, 0.1) is 5.82 Å². The van der Waals surface area contributed by atoms with Crippen molar-refractivity contribution in [1.29, 1.82) is 0 Å². The van der Waals surface area contributed by atoms with Crippen LogP contribution >= 0.6 is 34.8 Å². The van der Waals surface area contributed by atoms with E-state index >= 15 is 0 Å². The van der Waals surface area contributed by atoms with Crippen molar-refractivity contribution in [3.05, 3.63) is 62.3 Å². The van der Waals surface area contributed by atoms with Gasteiger partial charge in [0.2, 0.25) is 0 Å². The van der Waals surface area contributed by atoms with E-state index in [9.17, 15) is 4.39 Å². The van der Waals surface area contributed by atoms with Gasteiger partial charge in [-0.2, -0.15) is 0 Å². The van der Waals surface area contributed by atoms with Crippen molar-refractivity contribution >= 4 is 34.8 Å². The Kier molecular flexibility index (Phi) is 5.11. The van der Waals surface area contributed by atoms with Gasteiger partial charge in [-0.25, -0.2) is 4.39 Å². The van der Waals surface area contributed by atoms with Crippen molar-refractivity contribution in [1.82, 2.24) is 0 Å². The van der Waals surface area contributed by atoms with Crippen molar-refractivity contribution in [3.63, 3.8) is 0 Å². The van der Waals surface area contributed by atoms with Gasteiger partial charge in [0.05, 0.1) is 5.02 Å². The first kappa shape index (κ1) is 15.4. The van der Waals surface area contributed by atoms with Gasteiger partial charge in [-0.15, -0.1) is 0 Å². The average molecular weight is 335 g/mol. The van der Waals surface area contributed by atoms with Crippen LogP contribution in [0.3, 0.4) is 0 Å². The standard InChI is InChI=1S/C14H11Cl3FNO/c15-10-2-1-8(13(18)5-10)7-20-14-9(6-19)3-11(16)4-12(14)17/h1-5H,6-7,19H2. The number of rotatable bonds is 4. The Balaban J connectivity index is 2.22. The molecule has 0 aromatic heterocycles. The molecule has 0 aliphatic heterocycles. The van der Waals surface area contributed by atoms with Gasteiger partial charge in [0, 0.05) is 27.7 Å². The Hall–Kier alpha value is -1.00. The number of hydrogen-bond acceptors (Lipinski definition) is 2. The number of nitrogens with two attached hydrogens (primary N) is 1.